The summed E-state index contributed by atoms with van der Waals surface area (Å²) in [5.41, 5.74) is 8.30. The highest BCUT2D eigenvalue weighted by molar-refractivity contribution is 6.30. The predicted molar refractivity (Wildman–Crippen MR) is 141 cm³/mol. The van der Waals surface area contributed by atoms with Gasteiger partial charge in [0, 0.05) is 38.9 Å². The Kier molecular flexibility index (Phi) is 6.80. The van der Waals surface area contributed by atoms with E-state index in [1.54, 1.807) is 12.3 Å². The lowest BCUT2D eigenvalue weighted by Gasteiger charge is -2.15. The molecule has 34 heavy (non-hydrogen) atoms. The number of furan rings is 1. The Morgan fingerprint density at radius 2 is 1.82 bits per heavy atom. The standard InChI is InChI=1S/C29H28ClNO3/c1-6-33-28-20(5)29-24(25(16-34-29)21-10-12-22(30)13-11-21)15-23(28)18(3)14-27(32)31-26-9-7-8-17(2)19(26)4/h7-16H,6H2,1-5H3,(H,31,32)/b18-14+. The summed E-state index contributed by atoms with van der Waals surface area (Å²) in [6.07, 6.45) is 3.37. The molecule has 0 atom stereocenters. The van der Waals surface area contributed by atoms with E-state index in [9.17, 15) is 4.79 Å². The van der Waals surface area contributed by atoms with Crippen molar-refractivity contribution >= 4 is 39.7 Å². The van der Waals surface area contributed by atoms with Gasteiger partial charge in [-0.2, -0.15) is 0 Å². The summed E-state index contributed by atoms with van der Waals surface area (Å²) in [5.74, 6) is 0.539. The highest BCUT2D eigenvalue weighted by Gasteiger charge is 2.19. The van der Waals surface area contributed by atoms with Gasteiger partial charge in [-0.25, -0.2) is 0 Å². The van der Waals surface area contributed by atoms with Crippen LogP contribution in [-0.2, 0) is 4.79 Å². The number of carbonyl (C=O) groups is 1. The average Bonchev–Trinajstić information content (AvgIpc) is 3.23. The number of fused-ring (bicyclic) bond motifs is 1. The summed E-state index contributed by atoms with van der Waals surface area (Å²) in [4.78, 5) is 12.9. The molecule has 1 aromatic heterocycles. The molecule has 0 bridgehead atoms. The zero-order valence-electron chi connectivity index (χ0n) is 20.1. The molecular weight excluding hydrogens is 446 g/mol. The Morgan fingerprint density at radius 1 is 1.09 bits per heavy atom. The first-order chi connectivity index (χ1) is 16.3. The average molecular weight is 474 g/mol. The quantitative estimate of drug-likeness (QED) is 0.287. The van der Waals surface area contributed by atoms with Crippen LogP contribution >= 0.6 is 11.6 Å². The summed E-state index contributed by atoms with van der Waals surface area (Å²) < 4.78 is 12.0. The second-order valence-electron chi connectivity index (χ2n) is 8.41. The maximum atomic E-state index is 12.9. The smallest absolute Gasteiger partial charge is 0.248 e. The number of anilines is 1. The van der Waals surface area contributed by atoms with Gasteiger partial charge in [0.2, 0.25) is 5.91 Å². The number of amides is 1. The Labute approximate surface area is 205 Å². The number of nitrogens with one attached hydrogen (secondary N) is 1. The van der Waals surface area contributed by atoms with E-state index >= 15 is 0 Å². The third-order valence-corrected chi connectivity index (χ3v) is 6.37. The van der Waals surface area contributed by atoms with Gasteiger partial charge in [-0.3, -0.25) is 4.79 Å². The predicted octanol–water partition coefficient (Wildman–Crippen LogP) is 8.12. The molecule has 0 saturated heterocycles. The van der Waals surface area contributed by atoms with E-state index < -0.39 is 0 Å². The van der Waals surface area contributed by atoms with E-state index in [0.29, 0.717) is 11.6 Å². The van der Waals surface area contributed by atoms with E-state index in [4.69, 9.17) is 20.8 Å². The number of rotatable bonds is 6. The van der Waals surface area contributed by atoms with E-state index in [-0.39, 0.29) is 5.91 Å². The number of carbonyl (C=O) groups excluding carboxylic acids is 1. The van der Waals surface area contributed by atoms with Gasteiger partial charge in [-0.05, 0) is 81.1 Å². The summed E-state index contributed by atoms with van der Waals surface area (Å²) in [5, 5.41) is 4.65. The van der Waals surface area contributed by atoms with Gasteiger partial charge in [0.15, 0.2) is 0 Å². The highest BCUT2D eigenvalue weighted by atomic mass is 35.5. The summed E-state index contributed by atoms with van der Waals surface area (Å²) in [6, 6.07) is 15.6. The Bertz CT molecular complexity index is 1400. The Morgan fingerprint density at radius 3 is 2.53 bits per heavy atom. The SMILES string of the molecule is CCOc1c(/C(C)=C/C(=O)Nc2cccc(C)c2C)cc2c(-c3ccc(Cl)cc3)coc2c1C. The molecule has 0 aliphatic heterocycles. The molecule has 0 aliphatic carbocycles. The summed E-state index contributed by atoms with van der Waals surface area (Å²) in [6.45, 7) is 10.4. The largest absolute Gasteiger partial charge is 0.493 e. The lowest BCUT2D eigenvalue weighted by molar-refractivity contribution is -0.111. The van der Waals surface area contributed by atoms with Gasteiger partial charge in [0.1, 0.15) is 11.3 Å². The van der Waals surface area contributed by atoms with Gasteiger partial charge in [-0.1, -0.05) is 35.9 Å². The van der Waals surface area contributed by atoms with Crippen molar-refractivity contribution in [1.82, 2.24) is 0 Å². The van der Waals surface area contributed by atoms with E-state index in [2.05, 4.69) is 5.32 Å². The minimum absolute atomic E-state index is 0.184. The Balaban J connectivity index is 1.78. The fraction of sp³-hybridized carbons (Fsp3) is 0.207. The van der Waals surface area contributed by atoms with E-state index in [1.807, 2.05) is 83.1 Å². The highest BCUT2D eigenvalue weighted by Crippen LogP contribution is 2.41. The summed E-state index contributed by atoms with van der Waals surface area (Å²) >= 11 is 6.08. The van der Waals surface area contributed by atoms with Gasteiger partial charge in [0.25, 0.3) is 0 Å². The molecule has 4 nitrogen and oxygen atoms in total. The van der Waals surface area contributed by atoms with Gasteiger partial charge in [0.05, 0.1) is 12.9 Å². The second kappa shape index (κ2) is 9.78. The molecule has 0 spiro atoms. The molecule has 174 valence electrons. The van der Waals surface area contributed by atoms with E-state index in [0.717, 1.165) is 61.4 Å². The van der Waals surface area contributed by atoms with Crippen LogP contribution < -0.4 is 10.1 Å². The fourth-order valence-electron chi connectivity index (χ4n) is 4.12. The van der Waals surface area contributed by atoms with Crippen LogP contribution in [0.25, 0.3) is 27.7 Å². The maximum absolute atomic E-state index is 12.9. The van der Waals surface area contributed by atoms with Crippen LogP contribution in [0.15, 0.2) is 65.3 Å². The number of aryl methyl sites for hydroxylation is 2. The maximum Gasteiger partial charge on any atom is 0.248 e. The molecular formula is C29H28ClNO3. The first kappa shape index (κ1) is 23.7. The molecule has 0 saturated carbocycles. The topological polar surface area (TPSA) is 51.5 Å². The van der Waals surface area contributed by atoms with Crippen LogP contribution in [0.2, 0.25) is 5.02 Å². The minimum atomic E-state index is -0.184. The van der Waals surface area contributed by atoms with Gasteiger partial charge >= 0.3 is 0 Å². The van der Waals surface area contributed by atoms with Crippen LogP contribution in [0.4, 0.5) is 5.69 Å². The van der Waals surface area contributed by atoms with Crippen LogP contribution in [0.5, 0.6) is 5.75 Å². The van der Waals surface area contributed by atoms with Gasteiger partial charge < -0.3 is 14.5 Å². The van der Waals surface area contributed by atoms with Crippen molar-refractivity contribution < 1.29 is 13.9 Å². The number of benzene rings is 3. The third-order valence-electron chi connectivity index (χ3n) is 6.12. The first-order valence-electron chi connectivity index (χ1n) is 11.3. The van der Waals surface area contributed by atoms with Crippen molar-refractivity contribution in [3.8, 4) is 16.9 Å². The number of halogens is 1. The zero-order valence-corrected chi connectivity index (χ0v) is 20.8. The molecule has 0 radical (unpaired) electrons. The lowest BCUT2D eigenvalue weighted by Crippen LogP contribution is -2.10. The molecule has 5 heteroatoms. The van der Waals surface area contributed by atoms with Crippen LogP contribution in [0.1, 0.15) is 36.1 Å². The minimum Gasteiger partial charge on any atom is -0.493 e. The van der Waals surface area contributed by atoms with Crippen molar-refractivity contribution in [1.29, 1.82) is 0 Å². The van der Waals surface area contributed by atoms with Gasteiger partial charge in [-0.15, -0.1) is 0 Å². The number of ether oxygens (including phenoxy) is 1. The van der Waals surface area contributed by atoms with Crippen molar-refractivity contribution in [3.63, 3.8) is 0 Å². The number of hydrogen-bond acceptors (Lipinski definition) is 3. The monoisotopic (exact) mass is 473 g/mol. The fourth-order valence-corrected chi connectivity index (χ4v) is 4.25. The molecule has 4 rings (SSSR count). The molecule has 3 aromatic carbocycles. The number of hydrogen-bond donors (Lipinski definition) is 1. The number of allylic oxidation sites excluding steroid dienone is 1. The second-order valence-corrected chi connectivity index (χ2v) is 8.84. The third kappa shape index (κ3) is 4.59. The van der Waals surface area contributed by atoms with Crippen LogP contribution in [-0.4, -0.2) is 12.5 Å². The van der Waals surface area contributed by atoms with Crippen LogP contribution in [0.3, 0.4) is 0 Å². The van der Waals surface area contributed by atoms with Crippen molar-refractivity contribution in [2.24, 2.45) is 0 Å². The zero-order chi connectivity index (χ0) is 24.4. The molecule has 0 fully saturated rings. The first-order valence-corrected chi connectivity index (χ1v) is 11.7. The van der Waals surface area contributed by atoms with Crippen molar-refractivity contribution in [2.75, 3.05) is 11.9 Å². The summed E-state index contributed by atoms with van der Waals surface area (Å²) in [7, 11) is 0. The molecule has 1 heterocycles. The van der Waals surface area contributed by atoms with Crippen molar-refractivity contribution in [2.45, 2.75) is 34.6 Å². The molecule has 1 N–H and O–H groups in total. The van der Waals surface area contributed by atoms with Crippen LogP contribution in [0, 0.1) is 20.8 Å². The Hall–Kier alpha value is -3.50. The molecule has 0 aliphatic rings. The van der Waals surface area contributed by atoms with E-state index in [1.165, 1.54) is 0 Å². The molecule has 0 unspecified atom stereocenters. The molecule has 4 aromatic rings. The normalized spacial score (nSPS) is 11.6. The lowest BCUT2D eigenvalue weighted by atomic mass is 9.96. The van der Waals surface area contributed by atoms with Crippen molar-refractivity contribution in [3.05, 3.63) is 88.1 Å². The molecule has 1 amide bonds.